The van der Waals surface area contributed by atoms with Crippen molar-refractivity contribution in [3.8, 4) is 0 Å². The molecule has 1 amide bonds. The SMILES string of the molecule is CC(C)N(C)C(=O)c1cc(N)cc(Br)c1. The molecule has 0 bridgehead atoms. The molecule has 0 atom stereocenters. The summed E-state index contributed by atoms with van der Waals surface area (Å²) in [5, 5.41) is 0. The Morgan fingerprint density at radius 1 is 1.40 bits per heavy atom. The summed E-state index contributed by atoms with van der Waals surface area (Å²) in [7, 11) is 1.78. The molecule has 0 heterocycles. The van der Waals surface area contributed by atoms with Crippen molar-refractivity contribution in [2.75, 3.05) is 12.8 Å². The summed E-state index contributed by atoms with van der Waals surface area (Å²) in [6.07, 6.45) is 0. The zero-order chi connectivity index (χ0) is 11.6. The number of nitrogen functional groups attached to an aromatic ring is 1. The molecular formula is C11H15BrN2O. The number of anilines is 1. The van der Waals surface area contributed by atoms with Crippen molar-refractivity contribution in [1.82, 2.24) is 4.90 Å². The summed E-state index contributed by atoms with van der Waals surface area (Å²) < 4.78 is 0.822. The van der Waals surface area contributed by atoms with Crippen LogP contribution in [-0.4, -0.2) is 23.9 Å². The van der Waals surface area contributed by atoms with Crippen molar-refractivity contribution >= 4 is 27.5 Å². The van der Waals surface area contributed by atoms with Crippen molar-refractivity contribution in [3.05, 3.63) is 28.2 Å². The fourth-order valence-corrected chi connectivity index (χ4v) is 1.68. The van der Waals surface area contributed by atoms with Crippen LogP contribution in [0.3, 0.4) is 0 Å². The minimum atomic E-state index is -0.0157. The highest BCUT2D eigenvalue weighted by molar-refractivity contribution is 9.10. The van der Waals surface area contributed by atoms with Gasteiger partial charge in [-0.2, -0.15) is 0 Å². The molecule has 0 aliphatic heterocycles. The van der Waals surface area contributed by atoms with E-state index in [-0.39, 0.29) is 11.9 Å². The average molecular weight is 271 g/mol. The monoisotopic (exact) mass is 270 g/mol. The molecule has 0 saturated carbocycles. The van der Waals surface area contributed by atoms with Gasteiger partial charge in [0.2, 0.25) is 0 Å². The summed E-state index contributed by atoms with van der Waals surface area (Å²) in [4.78, 5) is 13.6. The van der Waals surface area contributed by atoms with Gasteiger partial charge in [-0.25, -0.2) is 0 Å². The molecule has 1 aromatic carbocycles. The summed E-state index contributed by atoms with van der Waals surface area (Å²) in [6.45, 7) is 3.94. The van der Waals surface area contributed by atoms with E-state index in [0.717, 1.165) is 4.47 Å². The Balaban J connectivity index is 3.01. The van der Waals surface area contributed by atoms with Crippen molar-refractivity contribution in [2.45, 2.75) is 19.9 Å². The molecule has 82 valence electrons. The summed E-state index contributed by atoms with van der Waals surface area (Å²) in [6, 6.07) is 5.41. The van der Waals surface area contributed by atoms with E-state index in [1.54, 1.807) is 30.1 Å². The van der Waals surface area contributed by atoms with E-state index in [2.05, 4.69) is 15.9 Å². The van der Waals surface area contributed by atoms with E-state index in [0.29, 0.717) is 11.3 Å². The minimum absolute atomic E-state index is 0.0157. The quantitative estimate of drug-likeness (QED) is 0.840. The standard InChI is InChI=1S/C11H15BrN2O/c1-7(2)14(3)11(15)8-4-9(12)6-10(13)5-8/h4-7H,13H2,1-3H3. The number of benzene rings is 1. The Hall–Kier alpha value is -1.03. The lowest BCUT2D eigenvalue weighted by molar-refractivity contribution is 0.0755. The van der Waals surface area contributed by atoms with Gasteiger partial charge in [0.15, 0.2) is 0 Å². The third-order valence-corrected chi connectivity index (χ3v) is 2.72. The zero-order valence-electron chi connectivity index (χ0n) is 9.12. The molecule has 0 aliphatic rings. The third-order valence-electron chi connectivity index (χ3n) is 2.26. The molecule has 0 radical (unpaired) electrons. The van der Waals surface area contributed by atoms with Crippen LogP contribution in [0, 0.1) is 0 Å². The lowest BCUT2D eigenvalue weighted by Gasteiger charge is -2.21. The predicted octanol–water partition coefficient (Wildman–Crippen LogP) is 2.51. The lowest BCUT2D eigenvalue weighted by Crippen LogP contribution is -2.33. The van der Waals surface area contributed by atoms with E-state index in [1.165, 1.54) is 0 Å². The van der Waals surface area contributed by atoms with Gasteiger partial charge in [-0.05, 0) is 32.0 Å². The van der Waals surface area contributed by atoms with Gasteiger partial charge in [0, 0.05) is 28.8 Å². The Labute approximate surface area is 98.4 Å². The summed E-state index contributed by atoms with van der Waals surface area (Å²) in [5.74, 6) is -0.0157. The fourth-order valence-electron chi connectivity index (χ4n) is 1.17. The fraction of sp³-hybridized carbons (Fsp3) is 0.364. The second-order valence-corrected chi connectivity index (χ2v) is 4.70. The number of rotatable bonds is 2. The van der Waals surface area contributed by atoms with Gasteiger partial charge in [-0.3, -0.25) is 4.79 Å². The van der Waals surface area contributed by atoms with Crippen molar-refractivity contribution < 1.29 is 4.79 Å². The largest absolute Gasteiger partial charge is 0.399 e. The molecule has 0 aromatic heterocycles. The molecule has 1 aromatic rings. The van der Waals surface area contributed by atoms with Crippen molar-refractivity contribution in [1.29, 1.82) is 0 Å². The number of carbonyl (C=O) groups is 1. The van der Waals surface area contributed by atoms with Crippen LogP contribution in [0.2, 0.25) is 0 Å². The maximum Gasteiger partial charge on any atom is 0.253 e. The molecule has 0 unspecified atom stereocenters. The van der Waals surface area contributed by atoms with Crippen LogP contribution < -0.4 is 5.73 Å². The van der Waals surface area contributed by atoms with Crippen LogP contribution in [0.15, 0.2) is 22.7 Å². The first-order valence-electron chi connectivity index (χ1n) is 4.75. The highest BCUT2D eigenvalue weighted by Gasteiger charge is 2.14. The Morgan fingerprint density at radius 2 is 2.00 bits per heavy atom. The number of nitrogens with two attached hydrogens (primary N) is 1. The van der Waals surface area contributed by atoms with Crippen molar-refractivity contribution in [2.24, 2.45) is 0 Å². The maximum absolute atomic E-state index is 11.9. The van der Waals surface area contributed by atoms with Gasteiger partial charge >= 0.3 is 0 Å². The molecule has 1 rings (SSSR count). The highest BCUT2D eigenvalue weighted by Crippen LogP contribution is 2.18. The molecule has 2 N–H and O–H groups in total. The summed E-state index contributed by atoms with van der Waals surface area (Å²) >= 11 is 3.32. The normalized spacial score (nSPS) is 10.5. The smallest absolute Gasteiger partial charge is 0.253 e. The van der Waals surface area contributed by atoms with Crippen LogP contribution in [0.5, 0.6) is 0 Å². The van der Waals surface area contributed by atoms with Gasteiger partial charge in [-0.15, -0.1) is 0 Å². The van der Waals surface area contributed by atoms with Crippen molar-refractivity contribution in [3.63, 3.8) is 0 Å². The Kier molecular flexibility index (Phi) is 3.74. The first-order chi connectivity index (χ1) is 6.91. The number of carbonyl (C=O) groups excluding carboxylic acids is 1. The second-order valence-electron chi connectivity index (χ2n) is 3.78. The number of halogens is 1. The van der Waals surface area contributed by atoms with Crippen LogP contribution >= 0.6 is 15.9 Å². The van der Waals surface area contributed by atoms with E-state index in [1.807, 2.05) is 13.8 Å². The van der Waals surface area contributed by atoms with Crippen LogP contribution in [0.25, 0.3) is 0 Å². The molecule has 4 heteroatoms. The van der Waals surface area contributed by atoms with E-state index >= 15 is 0 Å². The van der Waals surface area contributed by atoms with E-state index in [9.17, 15) is 4.79 Å². The van der Waals surface area contributed by atoms with Gasteiger partial charge in [-0.1, -0.05) is 15.9 Å². The molecule has 3 nitrogen and oxygen atoms in total. The zero-order valence-corrected chi connectivity index (χ0v) is 10.7. The first kappa shape index (κ1) is 12.0. The third kappa shape index (κ3) is 2.96. The van der Waals surface area contributed by atoms with E-state index < -0.39 is 0 Å². The molecule has 0 fully saturated rings. The molecule has 15 heavy (non-hydrogen) atoms. The second kappa shape index (κ2) is 4.66. The molecule has 0 saturated heterocycles. The van der Waals surface area contributed by atoms with Crippen LogP contribution in [0.4, 0.5) is 5.69 Å². The highest BCUT2D eigenvalue weighted by atomic mass is 79.9. The van der Waals surface area contributed by atoms with E-state index in [4.69, 9.17) is 5.73 Å². The Morgan fingerprint density at radius 3 is 2.47 bits per heavy atom. The number of hydrogen-bond acceptors (Lipinski definition) is 2. The predicted molar refractivity (Wildman–Crippen MR) is 65.8 cm³/mol. The Bertz CT molecular complexity index is 357. The van der Waals surface area contributed by atoms with Crippen LogP contribution in [-0.2, 0) is 0 Å². The molecule has 0 aliphatic carbocycles. The molecule has 0 spiro atoms. The maximum atomic E-state index is 11.9. The molecular weight excluding hydrogens is 256 g/mol. The topological polar surface area (TPSA) is 46.3 Å². The number of hydrogen-bond donors (Lipinski definition) is 1. The first-order valence-corrected chi connectivity index (χ1v) is 5.54. The minimum Gasteiger partial charge on any atom is -0.399 e. The van der Waals surface area contributed by atoms with Gasteiger partial charge < -0.3 is 10.6 Å². The number of nitrogens with zero attached hydrogens (tertiary/aromatic N) is 1. The van der Waals surface area contributed by atoms with Crippen LogP contribution in [0.1, 0.15) is 24.2 Å². The summed E-state index contributed by atoms with van der Waals surface area (Å²) in [5.41, 5.74) is 6.87. The number of amides is 1. The van der Waals surface area contributed by atoms with Gasteiger partial charge in [0.25, 0.3) is 5.91 Å². The average Bonchev–Trinajstić information content (AvgIpc) is 2.13. The van der Waals surface area contributed by atoms with Gasteiger partial charge in [0.05, 0.1) is 0 Å². The van der Waals surface area contributed by atoms with Gasteiger partial charge in [0.1, 0.15) is 0 Å². The lowest BCUT2D eigenvalue weighted by atomic mass is 10.1.